The van der Waals surface area contributed by atoms with Crippen LogP contribution in [-0.4, -0.2) is 42.0 Å². The summed E-state index contributed by atoms with van der Waals surface area (Å²) in [5.41, 5.74) is 2.15. The molecular formula is C20H23N3O5. The first-order valence-corrected chi connectivity index (χ1v) is 8.77. The van der Waals surface area contributed by atoms with Gasteiger partial charge in [0.15, 0.2) is 0 Å². The van der Waals surface area contributed by atoms with Gasteiger partial charge in [0.25, 0.3) is 5.69 Å². The molecule has 0 fully saturated rings. The van der Waals surface area contributed by atoms with Gasteiger partial charge in [0.2, 0.25) is 5.91 Å². The van der Waals surface area contributed by atoms with E-state index in [1.165, 1.54) is 11.0 Å². The van der Waals surface area contributed by atoms with E-state index in [1.54, 1.807) is 25.2 Å². The number of nitro benzene ring substituents is 1. The standard InChI is InChI=1S/C20H23N3O5/c1-14-6-5-7-15(10-14)11-16(20(25)26)12-21-19(24)13-22(2)17-8-3-4-9-18(17)23(27)28/h3-10,16H,11-13H2,1-2H3,(H,21,24)(H,25,26). The van der Waals surface area contributed by atoms with Gasteiger partial charge in [-0.05, 0) is 25.0 Å². The molecule has 0 aromatic heterocycles. The minimum absolute atomic E-state index is 0.0210. The summed E-state index contributed by atoms with van der Waals surface area (Å²) in [5, 5.41) is 23.2. The monoisotopic (exact) mass is 385 g/mol. The van der Waals surface area contributed by atoms with E-state index in [2.05, 4.69) is 5.32 Å². The molecule has 0 aliphatic carbocycles. The average Bonchev–Trinajstić information content (AvgIpc) is 2.64. The second kappa shape index (κ2) is 9.50. The number of carbonyl (C=O) groups excluding carboxylic acids is 1. The molecule has 0 radical (unpaired) electrons. The molecule has 2 aromatic carbocycles. The minimum Gasteiger partial charge on any atom is -0.481 e. The fourth-order valence-corrected chi connectivity index (χ4v) is 2.91. The predicted molar refractivity (Wildman–Crippen MR) is 105 cm³/mol. The molecule has 28 heavy (non-hydrogen) atoms. The molecule has 2 N–H and O–H groups in total. The number of carboxylic acids is 1. The van der Waals surface area contributed by atoms with Crippen molar-refractivity contribution < 1.29 is 19.6 Å². The summed E-state index contributed by atoms with van der Waals surface area (Å²) >= 11 is 0. The van der Waals surface area contributed by atoms with Crippen molar-refractivity contribution in [3.05, 3.63) is 69.8 Å². The molecule has 0 aliphatic heterocycles. The summed E-state index contributed by atoms with van der Waals surface area (Å²) in [7, 11) is 1.57. The van der Waals surface area contributed by atoms with Crippen LogP contribution in [0.25, 0.3) is 0 Å². The number of amides is 1. The summed E-state index contributed by atoms with van der Waals surface area (Å²) in [6.45, 7) is 1.79. The van der Waals surface area contributed by atoms with Gasteiger partial charge in [0.05, 0.1) is 17.4 Å². The van der Waals surface area contributed by atoms with Crippen molar-refractivity contribution in [3.8, 4) is 0 Å². The number of carboxylic acid groups (broad SMARTS) is 1. The van der Waals surface area contributed by atoms with Crippen LogP contribution in [0.2, 0.25) is 0 Å². The largest absolute Gasteiger partial charge is 0.481 e. The summed E-state index contributed by atoms with van der Waals surface area (Å²) in [6.07, 6.45) is 0.303. The summed E-state index contributed by atoms with van der Waals surface area (Å²) < 4.78 is 0. The lowest BCUT2D eigenvalue weighted by Gasteiger charge is -2.19. The quantitative estimate of drug-likeness (QED) is 0.506. The number of hydrogen-bond donors (Lipinski definition) is 2. The fraction of sp³-hybridized carbons (Fsp3) is 0.300. The van der Waals surface area contributed by atoms with E-state index in [0.29, 0.717) is 12.1 Å². The number of para-hydroxylation sites is 2. The highest BCUT2D eigenvalue weighted by atomic mass is 16.6. The van der Waals surface area contributed by atoms with Crippen LogP contribution in [0.5, 0.6) is 0 Å². The van der Waals surface area contributed by atoms with Gasteiger partial charge < -0.3 is 15.3 Å². The molecule has 0 heterocycles. The Morgan fingerprint density at radius 2 is 1.93 bits per heavy atom. The van der Waals surface area contributed by atoms with E-state index in [1.807, 2.05) is 31.2 Å². The number of aryl methyl sites for hydroxylation is 1. The van der Waals surface area contributed by atoms with Gasteiger partial charge >= 0.3 is 5.97 Å². The van der Waals surface area contributed by atoms with Gasteiger partial charge in [-0.15, -0.1) is 0 Å². The van der Waals surface area contributed by atoms with Gasteiger partial charge in [-0.25, -0.2) is 0 Å². The molecule has 8 nitrogen and oxygen atoms in total. The Morgan fingerprint density at radius 3 is 2.57 bits per heavy atom. The Morgan fingerprint density at radius 1 is 1.21 bits per heavy atom. The van der Waals surface area contributed by atoms with Crippen LogP contribution in [0.15, 0.2) is 48.5 Å². The Bertz CT molecular complexity index is 868. The van der Waals surface area contributed by atoms with Crippen molar-refractivity contribution in [2.75, 3.05) is 25.0 Å². The highest BCUT2D eigenvalue weighted by Crippen LogP contribution is 2.26. The van der Waals surface area contributed by atoms with Crippen LogP contribution in [0.3, 0.4) is 0 Å². The maximum atomic E-state index is 12.2. The number of rotatable bonds is 9. The zero-order chi connectivity index (χ0) is 20.7. The summed E-state index contributed by atoms with van der Waals surface area (Å²) in [6, 6.07) is 13.7. The normalized spacial score (nSPS) is 11.5. The number of likely N-dealkylation sites (N-methyl/N-ethyl adjacent to an activating group) is 1. The highest BCUT2D eigenvalue weighted by Gasteiger charge is 2.21. The lowest BCUT2D eigenvalue weighted by atomic mass is 9.98. The van der Waals surface area contributed by atoms with E-state index in [-0.39, 0.29) is 18.8 Å². The molecular weight excluding hydrogens is 362 g/mol. The van der Waals surface area contributed by atoms with Crippen LogP contribution < -0.4 is 10.2 Å². The van der Waals surface area contributed by atoms with Crippen molar-refractivity contribution in [2.45, 2.75) is 13.3 Å². The highest BCUT2D eigenvalue weighted by molar-refractivity contribution is 5.83. The van der Waals surface area contributed by atoms with Crippen molar-refractivity contribution in [1.82, 2.24) is 5.32 Å². The molecule has 0 spiro atoms. The van der Waals surface area contributed by atoms with Crippen molar-refractivity contribution >= 4 is 23.3 Å². The third-order valence-corrected chi connectivity index (χ3v) is 4.33. The smallest absolute Gasteiger partial charge is 0.308 e. The first kappa shape index (κ1) is 20.9. The number of nitrogens with one attached hydrogen (secondary N) is 1. The molecule has 8 heteroatoms. The Hall–Kier alpha value is -3.42. The second-order valence-corrected chi connectivity index (χ2v) is 6.63. The van der Waals surface area contributed by atoms with Crippen molar-refractivity contribution in [2.24, 2.45) is 5.92 Å². The number of nitrogens with zero attached hydrogens (tertiary/aromatic N) is 2. The van der Waals surface area contributed by atoms with Crippen molar-refractivity contribution in [1.29, 1.82) is 0 Å². The Labute approximate surface area is 162 Å². The predicted octanol–water partition coefficient (Wildman–Crippen LogP) is 2.40. The molecule has 148 valence electrons. The third kappa shape index (κ3) is 5.80. The molecule has 0 aliphatic rings. The fourth-order valence-electron chi connectivity index (χ4n) is 2.91. The molecule has 1 atom stereocenters. The molecule has 0 saturated heterocycles. The van der Waals surface area contributed by atoms with Gasteiger partial charge in [-0.3, -0.25) is 19.7 Å². The molecule has 2 aromatic rings. The number of anilines is 1. The molecule has 1 amide bonds. The second-order valence-electron chi connectivity index (χ2n) is 6.63. The Balaban J connectivity index is 1.96. The van der Waals surface area contributed by atoms with E-state index in [4.69, 9.17) is 0 Å². The number of carbonyl (C=O) groups is 2. The summed E-state index contributed by atoms with van der Waals surface area (Å²) in [4.78, 5) is 35.8. The first-order chi connectivity index (χ1) is 13.3. The maximum Gasteiger partial charge on any atom is 0.308 e. The lowest BCUT2D eigenvalue weighted by molar-refractivity contribution is -0.384. The first-order valence-electron chi connectivity index (χ1n) is 8.77. The molecule has 0 saturated carbocycles. The van der Waals surface area contributed by atoms with Crippen LogP contribution in [0.1, 0.15) is 11.1 Å². The number of aliphatic carboxylic acids is 1. The zero-order valence-corrected chi connectivity index (χ0v) is 15.8. The van der Waals surface area contributed by atoms with Crippen LogP contribution in [0, 0.1) is 23.0 Å². The maximum absolute atomic E-state index is 12.2. The molecule has 2 rings (SSSR count). The average molecular weight is 385 g/mol. The van der Waals surface area contributed by atoms with Crippen LogP contribution >= 0.6 is 0 Å². The zero-order valence-electron chi connectivity index (χ0n) is 15.8. The SMILES string of the molecule is Cc1cccc(CC(CNC(=O)CN(C)c2ccccc2[N+](=O)[O-])C(=O)O)c1. The van der Waals surface area contributed by atoms with E-state index in [0.717, 1.165) is 11.1 Å². The van der Waals surface area contributed by atoms with Gasteiger partial charge in [-0.2, -0.15) is 0 Å². The lowest BCUT2D eigenvalue weighted by Crippen LogP contribution is -2.39. The number of hydrogen-bond acceptors (Lipinski definition) is 5. The van der Waals surface area contributed by atoms with Crippen LogP contribution in [0.4, 0.5) is 11.4 Å². The summed E-state index contributed by atoms with van der Waals surface area (Å²) in [5.74, 6) is -2.16. The van der Waals surface area contributed by atoms with E-state index >= 15 is 0 Å². The van der Waals surface area contributed by atoms with Gasteiger partial charge in [0.1, 0.15) is 5.69 Å². The van der Waals surface area contributed by atoms with Gasteiger partial charge in [-0.1, -0.05) is 42.0 Å². The topological polar surface area (TPSA) is 113 Å². The van der Waals surface area contributed by atoms with Crippen molar-refractivity contribution in [3.63, 3.8) is 0 Å². The Kier molecular flexibility index (Phi) is 7.08. The minimum atomic E-state index is -0.992. The molecule has 1 unspecified atom stereocenters. The van der Waals surface area contributed by atoms with E-state index < -0.39 is 22.7 Å². The van der Waals surface area contributed by atoms with Crippen LogP contribution in [-0.2, 0) is 16.0 Å². The third-order valence-electron chi connectivity index (χ3n) is 4.33. The number of benzene rings is 2. The molecule has 0 bridgehead atoms. The van der Waals surface area contributed by atoms with Gasteiger partial charge in [0, 0.05) is 19.7 Å². The van der Waals surface area contributed by atoms with E-state index in [9.17, 15) is 24.8 Å². The number of nitro groups is 1.